The quantitative estimate of drug-likeness (QED) is 0.514. The van der Waals surface area contributed by atoms with Crippen molar-refractivity contribution >= 4 is 34.8 Å². The van der Waals surface area contributed by atoms with Gasteiger partial charge in [-0.3, -0.25) is 9.59 Å². The number of rotatable bonds is 6. The smallest absolute Gasteiger partial charge is 0.449 e. The van der Waals surface area contributed by atoms with Gasteiger partial charge in [0.05, 0.1) is 17.0 Å². The summed E-state index contributed by atoms with van der Waals surface area (Å²) in [5.74, 6) is -1.77. The summed E-state index contributed by atoms with van der Waals surface area (Å²) < 4.78 is 42.2. The summed E-state index contributed by atoms with van der Waals surface area (Å²) in [6, 6.07) is 10.9. The lowest BCUT2D eigenvalue weighted by Crippen LogP contribution is -2.29. The number of ether oxygens (including phenoxy) is 1. The normalized spacial score (nSPS) is 18.6. The fourth-order valence-corrected chi connectivity index (χ4v) is 3.98. The summed E-state index contributed by atoms with van der Waals surface area (Å²) in [7, 11) is 0. The van der Waals surface area contributed by atoms with Crippen LogP contribution in [-0.4, -0.2) is 24.3 Å². The number of hydrogen-bond donors (Lipinski definition) is 0. The van der Waals surface area contributed by atoms with Crippen LogP contribution in [0, 0.1) is 0 Å². The molecule has 0 unspecified atom stereocenters. The molecule has 0 heterocycles. The molecule has 0 aliphatic heterocycles. The van der Waals surface area contributed by atoms with Gasteiger partial charge in [0.2, 0.25) is 5.78 Å². The molecule has 0 radical (unpaired) electrons. The lowest BCUT2D eigenvalue weighted by atomic mass is 9.79. The van der Waals surface area contributed by atoms with E-state index in [0.717, 1.165) is 5.56 Å². The first-order valence-corrected chi connectivity index (χ1v) is 9.65. The van der Waals surface area contributed by atoms with Gasteiger partial charge in [-0.1, -0.05) is 53.5 Å². The van der Waals surface area contributed by atoms with Gasteiger partial charge in [0, 0.05) is 12.0 Å². The van der Waals surface area contributed by atoms with Crippen LogP contribution in [0.1, 0.15) is 41.3 Å². The highest BCUT2D eigenvalue weighted by atomic mass is 35.5. The largest absolute Gasteiger partial charge is 0.492 e. The Morgan fingerprint density at radius 2 is 1.83 bits per heavy atom. The molecule has 154 valence electrons. The third-order valence-corrected chi connectivity index (χ3v) is 5.91. The zero-order valence-electron chi connectivity index (χ0n) is 15.4. The van der Waals surface area contributed by atoms with Crippen molar-refractivity contribution in [3.8, 4) is 5.75 Å². The van der Waals surface area contributed by atoms with Gasteiger partial charge in [-0.15, -0.1) is 0 Å². The number of ketones is 2. The molecule has 8 heteroatoms. The van der Waals surface area contributed by atoms with Crippen molar-refractivity contribution in [3.63, 3.8) is 0 Å². The zero-order valence-corrected chi connectivity index (χ0v) is 16.9. The first-order chi connectivity index (χ1) is 13.6. The maximum atomic E-state index is 13.1. The van der Waals surface area contributed by atoms with Gasteiger partial charge in [-0.25, -0.2) is 0 Å². The zero-order chi connectivity index (χ0) is 21.4. The van der Waals surface area contributed by atoms with Gasteiger partial charge in [0.25, 0.3) is 0 Å². The number of carbonyl (C=O) groups excluding carboxylic acids is 2. The minimum atomic E-state index is -4.85. The van der Waals surface area contributed by atoms with Crippen LogP contribution in [-0.2, 0) is 16.6 Å². The fraction of sp³-hybridized carbons (Fsp3) is 0.333. The molecule has 2 aromatic rings. The van der Waals surface area contributed by atoms with E-state index < -0.39 is 23.8 Å². The van der Waals surface area contributed by atoms with Gasteiger partial charge in [-0.2, -0.15) is 13.2 Å². The highest BCUT2D eigenvalue weighted by Crippen LogP contribution is 2.47. The van der Waals surface area contributed by atoms with Crippen LogP contribution in [0.5, 0.6) is 5.75 Å². The van der Waals surface area contributed by atoms with Crippen molar-refractivity contribution in [3.05, 3.63) is 63.1 Å². The number of Topliss-reactive ketones (excluding diaryl/α,β-unsaturated/α-hetero) is 2. The van der Waals surface area contributed by atoms with Crippen LogP contribution >= 0.6 is 23.2 Å². The second-order valence-corrected chi connectivity index (χ2v) is 7.87. The second kappa shape index (κ2) is 8.00. The fourth-order valence-electron chi connectivity index (χ4n) is 3.48. The monoisotopic (exact) mass is 444 g/mol. The van der Waals surface area contributed by atoms with Crippen LogP contribution < -0.4 is 4.74 Å². The molecule has 1 aliphatic rings. The molecule has 1 atom stereocenters. The highest BCUT2D eigenvalue weighted by Gasteiger charge is 2.45. The molecule has 0 fully saturated rings. The molecular formula is C21H17Cl2F3O3. The Hall–Kier alpha value is -2.05. The summed E-state index contributed by atoms with van der Waals surface area (Å²) >= 11 is 12.6. The topological polar surface area (TPSA) is 43.4 Å². The number of hydrogen-bond acceptors (Lipinski definition) is 3. The first kappa shape index (κ1) is 21.7. The maximum Gasteiger partial charge on any atom is 0.449 e. The van der Waals surface area contributed by atoms with Gasteiger partial charge >= 0.3 is 6.18 Å². The van der Waals surface area contributed by atoms with Crippen molar-refractivity contribution in [1.29, 1.82) is 0 Å². The molecule has 1 aliphatic carbocycles. The Morgan fingerprint density at radius 1 is 1.17 bits per heavy atom. The summed E-state index contributed by atoms with van der Waals surface area (Å²) in [6.45, 7) is 1.69. The summed E-state index contributed by atoms with van der Waals surface area (Å²) in [4.78, 5) is 24.0. The average molecular weight is 445 g/mol. The van der Waals surface area contributed by atoms with Crippen LogP contribution in [0.3, 0.4) is 0 Å². The van der Waals surface area contributed by atoms with Crippen molar-refractivity contribution in [2.75, 3.05) is 6.61 Å². The minimum Gasteiger partial charge on any atom is -0.492 e. The number of alkyl halides is 3. The number of fused-ring (bicyclic) bond motifs is 1. The summed E-state index contributed by atoms with van der Waals surface area (Å²) in [6.07, 6.45) is -5.25. The van der Waals surface area contributed by atoms with E-state index in [-0.39, 0.29) is 34.6 Å². The molecule has 0 saturated carbocycles. The van der Waals surface area contributed by atoms with Gasteiger partial charge in [-0.05, 0) is 37.0 Å². The van der Waals surface area contributed by atoms with Gasteiger partial charge in [0.15, 0.2) is 5.78 Å². The van der Waals surface area contributed by atoms with E-state index >= 15 is 0 Å². The number of carbonyl (C=O) groups is 2. The Labute approximate surface area is 175 Å². The van der Waals surface area contributed by atoms with E-state index in [0.29, 0.717) is 17.5 Å². The number of benzene rings is 2. The maximum absolute atomic E-state index is 13.1. The second-order valence-electron chi connectivity index (χ2n) is 7.11. The van der Waals surface area contributed by atoms with E-state index in [2.05, 4.69) is 0 Å². The van der Waals surface area contributed by atoms with Crippen LogP contribution in [0.15, 0.2) is 36.4 Å². The predicted octanol–water partition coefficient (Wildman–Crippen LogP) is 5.98. The van der Waals surface area contributed by atoms with Crippen molar-refractivity contribution in [1.82, 2.24) is 0 Å². The Bertz CT molecular complexity index is 958. The summed E-state index contributed by atoms with van der Waals surface area (Å²) in [5.41, 5.74) is 1.05. The molecule has 3 rings (SSSR count). The average Bonchev–Trinajstić information content (AvgIpc) is 2.94. The van der Waals surface area contributed by atoms with Gasteiger partial charge in [0.1, 0.15) is 10.8 Å². The van der Waals surface area contributed by atoms with E-state index in [4.69, 9.17) is 27.9 Å². The van der Waals surface area contributed by atoms with E-state index in [9.17, 15) is 22.8 Å². The third-order valence-electron chi connectivity index (χ3n) is 5.06. The van der Waals surface area contributed by atoms with Crippen molar-refractivity contribution in [2.45, 2.75) is 37.8 Å². The van der Waals surface area contributed by atoms with Crippen LogP contribution in [0.25, 0.3) is 0 Å². The van der Waals surface area contributed by atoms with Crippen molar-refractivity contribution in [2.24, 2.45) is 0 Å². The Morgan fingerprint density at radius 3 is 2.45 bits per heavy atom. The number of halogens is 5. The van der Waals surface area contributed by atoms with Crippen LogP contribution in [0.2, 0.25) is 10.0 Å². The molecule has 0 bridgehead atoms. The molecule has 29 heavy (non-hydrogen) atoms. The molecular weight excluding hydrogens is 428 g/mol. The lowest BCUT2D eigenvalue weighted by Gasteiger charge is -2.22. The lowest BCUT2D eigenvalue weighted by molar-refractivity contribution is -0.171. The standard InChI is InChI=1S/C21H17Cl2F3O3/c1-20(13-6-3-2-4-7-13)11-12-10-14(17(22)18(23)16(12)19(20)28)29-9-5-8-15(27)21(24,25)26/h2-4,6-7,10H,5,8-9,11H2,1H3/t20-/m1/s1. The summed E-state index contributed by atoms with van der Waals surface area (Å²) in [5, 5.41) is 0.0911. The Balaban J connectivity index is 1.79. The van der Waals surface area contributed by atoms with E-state index in [1.165, 1.54) is 0 Å². The highest BCUT2D eigenvalue weighted by molar-refractivity contribution is 6.45. The SMILES string of the molecule is C[C@]1(c2ccccc2)Cc2cc(OCCCC(=O)C(F)(F)F)c(Cl)c(Cl)c2C1=O. The first-order valence-electron chi connectivity index (χ1n) is 8.89. The molecule has 2 aromatic carbocycles. The van der Waals surface area contributed by atoms with Gasteiger partial charge < -0.3 is 4.74 Å². The Kier molecular flexibility index (Phi) is 5.97. The molecule has 0 amide bonds. The molecule has 0 saturated heterocycles. The molecule has 3 nitrogen and oxygen atoms in total. The van der Waals surface area contributed by atoms with E-state index in [1.54, 1.807) is 6.07 Å². The van der Waals surface area contributed by atoms with E-state index in [1.807, 2.05) is 37.3 Å². The van der Waals surface area contributed by atoms with Crippen molar-refractivity contribution < 1.29 is 27.5 Å². The molecule has 0 aromatic heterocycles. The molecule has 0 spiro atoms. The molecule has 0 N–H and O–H groups in total. The minimum absolute atomic E-state index is 0.0261. The van der Waals surface area contributed by atoms with Crippen LogP contribution in [0.4, 0.5) is 13.2 Å². The predicted molar refractivity (Wildman–Crippen MR) is 104 cm³/mol. The third kappa shape index (κ3) is 4.14.